The van der Waals surface area contributed by atoms with Crippen LogP contribution in [0.3, 0.4) is 0 Å². The lowest BCUT2D eigenvalue weighted by Crippen LogP contribution is -1.89. The van der Waals surface area contributed by atoms with Crippen molar-refractivity contribution in [1.82, 2.24) is 39.9 Å². The van der Waals surface area contributed by atoms with Crippen molar-refractivity contribution in [1.29, 1.82) is 0 Å². The third-order valence-electron chi connectivity index (χ3n) is 22.0. The number of nitrogens with zero attached hydrogens (tertiary/aromatic N) is 8. The molecule has 20 rings (SSSR count). The van der Waals surface area contributed by atoms with Gasteiger partial charge in [-0.15, -0.1) is 0 Å². The third kappa shape index (κ3) is 16.9. The largest absolute Gasteiger partial charge is 0.265 e. The summed E-state index contributed by atoms with van der Waals surface area (Å²) in [6, 6.07) is 130. The molecule has 0 spiro atoms. The summed E-state index contributed by atoms with van der Waals surface area (Å²) in [5.74, 6) is 0. The summed E-state index contributed by atoms with van der Waals surface area (Å²) in [7, 11) is 0. The molecule has 20 aromatic rings. The fourth-order valence-corrected chi connectivity index (χ4v) is 15.7. The van der Waals surface area contributed by atoms with Crippen LogP contribution in [0.1, 0.15) is 0 Å². The third-order valence-corrected chi connectivity index (χ3v) is 22.0. The van der Waals surface area contributed by atoms with Gasteiger partial charge in [0.2, 0.25) is 0 Å². The highest BCUT2D eigenvalue weighted by molar-refractivity contribution is 5.89. The summed E-state index contributed by atoms with van der Waals surface area (Å²) >= 11 is 0. The van der Waals surface area contributed by atoms with Gasteiger partial charge in [0, 0.05) is 155 Å². The summed E-state index contributed by atoms with van der Waals surface area (Å²) in [5.41, 5.74) is 40.4. The average Bonchev–Trinajstić information content (AvgIpc) is 0.799. The molecule has 0 atom stereocenters. The van der Waals surface area contributed by atoms with E-state index in [-0.39, 0.29) is 0 Å². The molecular weight excluding hydrogens is 1460 g/mol. The molecule has 8 aromatic heterocycles. The van der Waals surface area contributed by atoms with Crippen LogP contribution in [0.2, 0.25) is 0 Å². The van der Waals surface area contributed by atoms with Crippen molar-refractivity contribution >= 4 is 0 Å². The second kappa shape index (κ2) is 34.5. The topological polar surface area (TPSA) is 103 Å². The van der Waals surface area contributed by atoms with Gasteiger partial charge >= 0.3 is 0 Å². The van der Waals surface area contributed by atoms with Crippen molar-refractivity contribution in [3.63, 3.8) is 0 Å². The Morgan fingerprint density at radius 3 is 0.458 bits per heavy atom. The zero-order valence-corrected chi connectivity index (χ0v) is 65.5. The van der Waals surface area contributed by atoms with E-state index in [4.69, 9.17) is 0 Å². The Bertz CT molecular complexity index is 6220. The summed E-state index contributed by atoms with van der Waals surface area (Å²) in [4.78, 5) is 35.3. The van der Waals surface area contributed by atoms with Crippen LogP contribution in [0.25, 0.3) is 200 Å². The minimum atomic E-state index is 1.04. The molecule has 8 heteroatoms. The van der Waals surface area contributed by atoms with Crippen LogP contribution in [0.15, 0.2) is 463 Å². The highest BCUT2D eigenvalue weighted by Crippen LogP contribution is 2.42. The van der Waals surface area contributed by atoms with E-state index >= 15 is 0 Å². The number of aromatic nitrogens is 8. The van der Waals surface area contributed by atoms with Gasteiger partial charge in [0.1, 0.15) is 0 Å². The minimum Gasteiger partial charge on any atom is -0.265 e. The van der Waals surface area contributed by atoms with Gasteiger partial charge in [0.25, 0.3) is 0 Å². The van der Waals surface area contributed by atoms with Gasteiger partial charge in [-0.3, -0.25) is 39.9 Å². The van der Waals surface area contributed by atoms with E-state index in [1.807, 2.05) is 123 Å². The fraction of sp³-hybridized carbons (Fsp3) is 0. The van der Waals surface area contributed by atoms with E-state index in [9.17, 15) is 0 Å². The van der Waals surface area contributed by atoms with Crippen molar-refractivity contribution in [2.45, 2.75) is 0 Å². The number of hydrogen-bond donors (Lipinski definition) is 0. The zero-order valence-electron chi connectivity index (χ0n) is 65.5. The molecule has 0 aliphatic heterocycles. The second-order valence-corrected chi connectivity index (χ2v) is 29.8. The predicted octanol–water partition coefficient (Wildman–Crippen LogP) is 28.5. The molecule has 0 radical (unpaired) electrons. The molecule has 120 heavy (non-hydrogen) atoms. The summed E-state index contributed by atoms with van der Waals surface area (Å²) in [5, 5.41) is 0. The Balaban J connectivity index is 0.000000159. The maximum atomic E-state index is 4.59. The van der Waals surface area contributed by atoms with E-state index in [2.05, 4.69) is 367 Å². The average molecular weight is 1530 g/mol. The Labute approximate surface area is 698 Å². The normalized spacial score (nSPS) is 11.0. The standard InChI is InChI=1S/2C56H38N4/c1-2-10-39(11-3-1)50-28-51(44-16-4-12-40(24-44)42-14-6-18-46(26-42)53-31-55(37-59-35-53)48-20-8-22-57-33-48)30-52(29-50)45-17-5-13-41(25-45)43-15-7-19-47(27-43)54-32-56(38-60-36-54)49-21-9-23-58-34-49;1-2-8-39(9-3-1)50-30-51(46-14-4-10-42(26-46)44-12-6-16-48(28-44)55-33-53(35-59-37-55)40-18-22-57-23-19-40)32-52(31-50)47-15-5-11-43(27-47)45-13-7-17-49(29-45)56-34-54(36-60-38-56)41-20-24-58-25-21-41/h2*1-38H. The molecule has 0 unspecified atom stereocenters. The molecule has 564 valence electrons. The van der Waals surface area contributed by atoms with Crippen LogP contribution >= 0.6 is 0 Å². The molecule has 12 aromatic carbocycles. The number of rotatable bonds is 18. The van der Waals surface area contributed by atoms with Crippen LogP contribution in [-0.4, -0.2) is 39.9 Å². The van der Waals surface area contributed by atoms with Crippen LogP contribution < -0.4 is 0 Å². The first-order valence-corrected chi connectivity index (χ1v) is 40.1. The van der Waals surface area contributed by atoms with Gasteiger partial charge < -0.3 is 0 Å². The first kappa shape index (κ1) is 74.0. The Morgan fingerprint density at radius 1 is 0.0833 bits per heavy atom. The lowest BCUT2D eigenvalue weighted by molar-refractivity contribution is 1.30. The Kier molecular flexibility index (Phi) is 21.3. The molecule has 0 aliphatic rings. The summed E-state index contributed by atoms with van der Waals surface area (Å²) in [6.45, 7) is 0. The van der Waals surface area contributed by atoms with Crippen molar-refractivity contribution < 1.29 is 0 Å². The van der Waals surface area contributed by atoms with Gasteiger partial charge in [-0.2, -0.15) is 0 Å². The molecule has 0 aliphatic carbocycles. The molecule has 0 fully saturated rings. The first-order chi connectivity index (χ1) is 59.4. The molecule has 0 bridgehead atoms. The highest BCUT2D eigenvalue weighted by atomic mass is 14.7. The molecule has 8 heterocycles. The fourth-order valence-electron chi connectivity index (χ4n) is 15.7. The molecule has 8 nitrogen and oxygen atoms in total. The number of pyridine rings is 8. The molecule has 0 amide bonds. The number of hydrogen-bond acceptors (Lipinski definition) is 8. The van der Waals surface area contributed by atoms with Crippen LogP contribution in [0.4, 0.5) is 0 Å². The molecule has 0 saturated heterocycles. The quantitative estimate of drug-likeness (QED) is 0.0837. The second-order valence-electron chi connectivity index (χ2n) is 29.8. The maximum absolute atomic E-state index is 4.59. The van der Waals surface area contributed by atoms with Crippen molar-refractivity contribution in [3.8, 4) is 200 Å². The van der Waals surface area contributed by atoms with E-state index in [0.717, 1.165) is 178 Å². The van der Waals surface area contributed by atoms with Crippen LogP contribution in [-0.2, 0) is 0 Å². The van der Waals surface area contributed by atoms with Gasteiger partial charge in [0.15, 0.2) is 0 Å². The van der Waals surface area contributed by atoms with Gasteiger partial charge in [0.05, 0.1) is 0 Å². The van der Waals surface area contributed by atoms with Crippen LogP contribution in [0.5, 0.6) is 0 Å². The van der Waals surface area contributed by atoms with Crippen molar-refractivity contribution in [2.75, 3.05) is 0 Å². The zero-order chi connectivity index (χ0) is 80.2. The Morgan fingerprint density at radius 2 is 0.233 bits per heavy atom. The molecular formula is C112H76N8. The van der Waals surface area contributed by atoms with E-state index in [1.165, 1.54) is 22.3 Å². The maximum Gasteiger partial charge on any atom is 0.0347 e. The van der Waals surface area contributed by atoms with Gasteiger partial charge in [-0.1, -0.05) is 218 Å². The van der Waals surface area contributed by atoms with Gasteiger partial charge in [-0.25, -0.2) is 0 Å². The minimum absolute atomic E-state index is 1.04. The van der Waals surface area contributed by atoms with E-state index in [1.54, 1.807) is 12.4 Å². The Hall–Kier alpha value is -16.2. The lowest BCUT2D eigenvalue weighted by Gasteiger charge is -2.14. The number of benzene rings is 12. The van der Waals surface area contributed by atoms with Crippen molar-refractivity contribution in [3.05, 3.63) is 463 Å². The predicted molar refractivity (Wildman–Crippen MR) is 493 cm³/mol. The SMILES string of the molecule is c1ccc(-c2cc(-c3cccc(-c4cccc(-c5cncc(-c6cccnc6)c5)c4)c3)cc(-c3cccc(-c4cccc(-c5cncc(-c6cccnc6)c5)c4)c3)c2)cc1.c1ccc(-c2cc(-c3cccc(-c4cccc(-c5cncc(-c6ccncc6)c5)c4)c3)cc(-c3cccc(-c4cccc(-c5cncc(-c6ccncc6)c5)c4)c3)c2)cc1. The lowest BCUT2D eigenvalue weighted by atomic mass is 9.90. The first-order valence-electron chi connectivity index (χ1n) is 40.1. The smallest absolute Gasteiger partial charge is 0.0347 e. The van der Waals surface area contributed by atoms with Crippen LogP contribution in [0, 0.1) is 0 Å². The monoisotopic (exact) mass is 1530 g/mol. The molecule has 0 N–H and O–H groups in total. The highest BCUT2D eigenvalue weighted by Gasteiger charge is 2.17. The van der Waals surface area contributed by atoms with E-state index in [0.29, 0.717) is 0 Å². The summed E-state index contributed by atoms with van der Waals surface area (Å²) in [6.07, 6.45) is 29.9. The van der Waals surface area contributed by atoms with Crippen molar-refractivity contribution in [2.24, 2.45) is 0 Å². The van der Waals surface area contributed by atoms with E-state index < -0.39 is 0 Å². The summed E-state index contributed by atoms with van der Waals surface area (Å²) < 4.78 is 0. The molecule has 0 saturated carbocycles. The van der Waals surface area contributed by atoms with Gasteiger partial charge in [-0.05, 0) is 290 Å².